The zero-order valence-corrected chi connectivity index (χ0v) is 8.49. The van der Waals surface area contributed by atoms with Crippen LogP contribution in [0.2, 0.25) is 0 Å². The minimum absolute atomic E-state index is 0.256. The van der Waals surface area contributed by atoms with Crippen LogP contribution in [0.15, 0.2) is 12.1 Å². The fourth-order valence-corrected chi connectivity index (χ4v) is 1.02. The van der Waals surface area contributed by atoms with Crippen LogP contribution >= 0.6 is 0 Å². The van der Waals surface area contributed by atoms with Crippen LogP contribution in [0.3, 0.4) is 0 Å². The van der Waals surface area contributed by atoms with Crippen LogP contribution < -0.4 is 11.1 Å². The van der Waals surface area contributed by atoms with E-state index >= 15 is 0 Å². The molecule has 1 aromatic carbocycles. The molecular weight excluding hydrogens is 266 g/mol. The molecule has 3 nitrogen and oxygen atoms in total. The third-order valence-electron chi connectivity index (χ3n) is 1.90. The fraction of sp³-hybridized carbons (Fsp3) is 0.222. The second-order valence-electron chi connectivity index (χ2n) is 3.23. The molecular formula is C9H6F6N2O. The van der Waals surface area contributed by atoms with Crippen molar-refractivity contribution < 1.29 is 31.1 Å². The Hall–Kier alpha value is -1.93. The van der Waals surface area contributed by atoms with E-state index in [0.29, 0.717) is 6.07 Å². The lowest BCUT2D eigenvalue weighted by Gasteiger charge is -2.16. The van der Waals surface area contributed by atoms with Gasteiger partial charge >= 0.3 is 18.3 Å². The summed E-state index contributed by atoms with van der Waals surface area (Å²) in [5, 5.41) is 1.19. The fourth-order valence-electron chi connectivity index (χ4n) is 1.02. The highest BCUT2D eigenvalue weighted by Crippen LogP contribution is 2.28. The Morgan fingerprint density at radius 1 is 1.28 bits per heavy atom. The van der Waals surface area contributed by atoms with Crippen LogP contribution in [0.5, 0.6) is 0 Å². The van der Waals surface area contributed by atoms with Crippen LogP contribution in [-0.4, -0.2) is 18.3 Å². The van der Waals surface area contributed by atoms with Crippen LogP contribution in [0, 0.1) is 11.6 Å². The molecule has 0 fully saturated rings. The summed E-state index contributed by atoms with van der Waals surface area (Å²) in [5.74, 6) is -10.0. The summed E-state index contributed by atoms with van der Waals surface area (Å²) in [7, 11) is 0. The standard InChI is InChI=1S/C9H6F6N2O/c10-3-1-4(11)6(5(16)2-3)17-8(18)9(14,15)7(12)13/h1-2,7H,16H2,(H,17,18). The van der Waals surface area contributed by atoms with E-state index in [1.54, 1.807) is 0 Å². The van der Waals surface area contributed by atoms with Crippen molar-refractivity contribution in [3.63, 3.8) is 0 Å². The van der Waals surface area contributed by atoms with E-state index in [4.69, 9.17) is 5.73 Å². The molecule has 0 aromatic heterocycles. The van der Waals surface area contributed by atoms with E-state index in [2.05, 4.69) is 0 Å². The number of amides is 1. The number of nitrogens with one attached hydrogen (secondary N) is 1. The normalized spacial score (nSPS) is 11.7. The van der Waals surface area contributed by atoms with Gasteiger partial charge in [0.15, 0.2) is 5.82 Å². The predicted octanol–water partition coefficient (Wildman–Crippen LogP) is 2.39. The van der Waals surface area contributed by atoms with Crippen molar-refractivity contribution in [2.24, 2.45) is 0 Å². The number of rotatable bonds is 3. The molecule has 0 atom stereocenters. The number of hydrogen-bond acceptors (Lipinski definition) is 2. The van der Waals surface area contributed by atoms with E-state index in [1.165, 1.54) is 5.32 Å². The number of carbonyl (C=O) groups excluding carboxylic acids is 1. The lowest BCUT2D eigenvalue weighted by molar-refractivity contribution is -0.163. The largest absolute Gasteiger partial charge is 0.397 e. The van der Waals surface area contributed by atoms with Crippen LogP contribution in [0.1, 0.15) is 0 Å². The van der Waals surface area contributed by atoms with Gasteiger partial charge in [-0.15, -0.1) is 0 Å². The first-order chi connectivity index (χ1) is 8.16. The van der Waals surface area contributed by atoms with Crippen molar-refractivity contribution in [3.05, 3.63) is 23.8 Å². The van der Waals surface area contributed by atoms with Crippen molar-refractivity contribution in [1.82, 2.24) is 0 Å². The third-order valence-corrected chi connectivity index (χ3v) is 1.90. The summed E-state index contributed by atoms with van der Waals surface area (Å²) >= 11 is 0. The molecule has 1 amide bonds. The maximum atomic E-state index is 13.1. The lowest BCUT2D eigenvalue weighted by Crippen LogP contribution is -2.41. The van der Waals surface area contributed by atoms with Gasteiger partial charge in [-0.25, -0.2) is 17.6 Å². The van der Waals surface area contributed by atoms with Gasteiger partial charge < -0.3 is 11.1 Å². The minimum atomic E-state index is -5.01. The van der Waals surface area contributed by atoms with Crippen LogP contribution in [0.4, 0.5) is 37.7 Å². The van der Waals surface area contributed by atoms with E-state index in [0.717, 1.165) is 0 Å². The lowest BCUT2D eigenvalue weighted by atomic mass is 10.2. The number of benzene rings is 1. The zero-order chi connectivity index (χ0) is 14.1. The molecule has 0 saturated heterocycles. The number of nitrogen functional groups attached to an aromatic ring is 1. The second kappa shape index (κ2) is 4.75. The van der Waals surface area contributed by atoms with Gasteiger partial charge in [0.25, 0.3) is 0 Å². The summed E-state index contributed by atoms with van der Waals surface area (Å²) in [5.41, 5.74) is 3.38. The Morgan fingerprint density at radius 3 is 2.28 bits per heavy atom. The molecule has 1 rings (SSSR count). The van der Waals surface area contributed by atoms with Gasteiger partial charge in [0, 0.05) is 6.07 Å². The van der Waals surface area contributed by atoms with Crippen molar-refractivity contribution in [2.45, 2.75) is 12.3 Å². The molecule has 0 aliphatic heterocycles. The number of alkyl halides is 4. The van der Waals surface area contributed by atoms with E-state index in [9.17, 15) is 31.1 Å². The van der Waals surface area contributed by atoms with Gasteiger partial charge in [0.1, 0.15) is 11.5 Å². The molecule has 1 aromatic rings. The maximum Gasteiger partial charge on any atom is 0.383 e. The average molecular weight is 272 g/mol. The van der Waals surface area contributed by atoms with Crippen molar-refractivity contribution in [3.8, 4) is 0 Å². The molecule has 0 unspecified atom stereocenters. The topological polar surface area (TPSA) is 55.1 Å². The van der Waals surface area contributed by atoms with Gasteiger partial charge in [-0.05, 0) is 6.07 Å². The zero-order valence-electron chi connectivity index (χ0n) is 8.49. The van der Waals surface area contributed by atoms with E-state index < -0.39 is 41.3 Å². The number of nitrogens with two attached hydrogens (primary N) is 1. The Bertz CT molecular complexity index is 453. The SMILES string of the molecule is Nc1cc(F)cc(F)c1NC(=O)C(F)(F)C(F)F. The molecule has 3 N–H and O–H groups in total. The van der Waals surface area contributed by atoms with Gasteiger partial charge in [0.05, 0.1) is 5.69 Å². The molecule has 0 saturated carbocycles. The van der Waals surface area contributed by atoms with Crippen LogP contribution in [-0.2, 0) is 4.79 Å². The summed E-state index contributed by atoms with van der Waals surface area (Å²) in [4.78, 5) is 10.8. The highest BCUT2D eigenvalue weighted by atomic mass is 19.3. The Balaban J connectivity index is 3.03. The summed E-state index contributed by atoms with van der Waals surface area (Å²) in [6.45, 7) is 0. The number of hydrogen-bond donors (Lipinski definition) is 2. The van der Waals surface area contributed by atoms with E-state index in [1.807, 2.05) is 0 Å². The highest BCUT2D eigenvalue weighted by molar-refractivity contribution is 5.98. The van der Waals surface area contributed by atoms with E-state index in [-0.39, 0.29) is 6.07 Å². The Labute approximate surface area is 96.6 Å². The summed E-state index contributed by atoms with van der Waals surface area (Å²) in [6, 6.07) is 0.797. The van der Waals surface area contributed by atoms with Gasteiger partial charge in [-0.2, -0.15) is 8.78 Å². The molecule has 0 aliphatic carbocycles. The van der Waals surface area contributed by atoms with Gasteiger partial charge in [-0.3, -0.25) is 4.79 Å². The predicted molar refractivity (Wildman–Crippen MR) is 50.4 cm³/mol. The Kier molecular flexibility index (Phi) is 3.73. The molecule has 0 aliphatic rings. The minimum Gasteiger partial charge on any atom is -0.397 e. The molecule has 100 valence electrons. The molecule has 0 bridgehead atoms. The first kappa shape index (κ1) is 14.1. The summed E-state index contributed by atoms with van der Waals surface area (Å²) in [6.07, 6.45) is -4.26. The molecule has 9 heteroatoms. The van der Waals surface area contributed by atoms with Crippen molar-refractivity contribution in [1.29, 1.82) is 0 Å². The maximum absolute atomic E-state index is 13.1. The molecule has 0 radical (unpaired) electrons. The molecule has 0 spiro atoms. The van der Waals surface area contributed by atoms with Crippen molar-refractivity contribution >= 4 is 17.3 Å². The third kappa shape index (κ3) is 2.66. The van der Waals surface area contributed by atoms with Crippen LogP contribution in [0.25, 0.3) is 0 Å². The van der Waals surface area contributed by atoms with Gasteiger partial charge in [-0.1, -0.05) is 0 Å². The number of halogens is 6. The van der Waals surface area contributed by atoms with Crippen molar-refractivity contribution in [2.75, 3.05) is 11.1 Å². The first-order valence-corrected chi connectivity index (χ1v) is 4.38. The highest BCUT2D eigenvalue weighted by Gasteiger charge is 2.49. The number of carbonyl (C=O) groups is 1. The molecule has 0 heterocycles. The smallest absolute Gasteiger partial charge is 0.383 e. The second-order valence-corrected chi connectivity index (χ2v) is 3.23. The number of anilines is 2. The Morgan fingerprint density at radius 2 is 1.83 bits per heavy atom. The van der Waals surface area contributed by atoms with Gasteiger partial charge in [0.2, 0.25) is 0 Å². The summed E-state index contributed by atoms with van der Waals surface area (Å²) < 4.78 is 74.5. The molecule has 18 heavy (non-hydrogen) atoms. The average Bonchev–Trinajstić information content (AvgIpc) is 2.22. The first-order valence-electron chi connectivity index (χ1n) is 4.38. The monoisotopic (exact) mass is 272 g/mol. The quantitative estimate of drug-likeness (QED) is 0.655.